The van der Waals surface area contributed by atoms with Gasteiger partial charge >= 0.3 is 0 Å². The molecule has 3 N–H and O–H groups in total. The normalized spacial score (nSPS) is 9.50. The average Bonchev–Trinajstić information content (AvgIpc) is 2.09. The summed E-state index contributed by atoms with van der Waals surface area (Å²) in [6.45, 7) is 2.90. The fourth-order valence-electron chi connectivity index (χ4n) is 1.02. The Bertz CT molecular complexity index is 261. The Morgan fingerprint density at radius 3 is 2.75 bits per heavy atom. The first-order valence-corrected chi connectivity index (χ1v) is 3.95. The molecule has 1 aromatic carbocycles. The quantitative estimate of drug-likeness (QED) is 0.672. The molecular formula is C9H14N2O. The zero-order chi connectivity index (χ0) is 8.97. The highest BCUT2D eigenvalue weighted by Gasteiger charge is 1.98. The molecule has 0 spiro atoms. The van der Waals surface area contributed by atoms with Gasteiger partial charge in [-0.3, -0.25) is 0 Å². The Kier molecular flexibility index (Phi) is 2.80. The third-order valence-corrected chi connectivity index (χ3v) is 1.63. The van der Waals surface area contributed by atoms with Crippen LogP contribution in [-0.2, 0) is 0 Å². The predicted octanol–water partition coefficient (Wildman–Crippen LogP) is 1.71. The molecule has 0 aliphatic heterocycles. The molecule has 66 valence electrons. The van der Waals surface area contributed by atoms with Crippen LogP contribution < -0.4 is 15.8 Å². The van der Waals surface area contributed by atoms with Crippen molar-refractivity contribution in [1.29, 1.82) is 0 Å². The summed E-state index contributed by atoms with van der Waals surface area (Å²) in [6.07, 6.45) is 0. The van der Waals surface area contributed by atoms with Gasteiger partial charge in [-0.05, 0) is 19.1 Å². The second-order valence-electron chi connectivity index (χ2n) is 2.48. The Morgan fingerprint density at radius 1 is 1.50 bits per heavy atom. The molecule has 0 fully saturated rings. The molecule has 3 heteroatoms. The lowest BCUT2D eigenvalue weighted by molar-refractivity contribution is 0.415. The van der Waals surface area contributed by atoms with Crippen LogP contribution in [0.15, 0.2) is 18.2 Å². The molecule has 0 aromatic heterocycles. The van der Waals surface area contributed by atoms with Crippen molar-refractivity contribution in [2.45, 2.75) is 6.92 Å². The Labute approximate surface area is 72.5 Å². The van der Waals surface area contributed by atoms with Gasteiger partial charge < -0.3 is 15.8 Å². The smallest absolute Gasteiger partial charge is 0.121 e. The average molecular weight is 166 g/mol. The lowest BCUT2D eigenvalue weighted by atomic mass is 10.2. The van der Waals surface area contributed by atoms with Gasteiger partial charge in [-0.2, -0.15) is 0 Å². The fraction of sp³-hybridized carbons (Fsp3) is 0.333. The molecule has 0 heterocycles. The number of nitrogen functional groups attached to an aromatic ring is 1. The topological polar surface area (TPSA) is 47.3 Å². The maximum Gasteiger partial charge on any atom is 0.121 e. The summed E-state index contributed by atoms with van der Waals surface area (Å²) in [5.41, 5.74) is 7.42. The summed E-state index contributed by atoms with van der Waals surface area (Å²) >= 11 is 0. The van der Waals surface area contributed by atoms with Crippen LogP contribution in [0.1, 0.15) is 6.92 Å². The van der Waals surface area contributed by atoms with Crippen molar-refractivity contribution in [3.63, 3.8) is 0 Å². The molecule has 0 amide bonds. The van der Waals surface area contributed by atoms with Crippen molar-refractivity contribution in [2.24, 2.45) is 0 Å². The number of rotatable bonds is 3. The van der Waals surface area contributed by atoms with Gasteiger partial charge in [0.2, 0.25) is 0 Å². The Morgan fingerprint density at radius 2 is 2.25 bits per heavy atom. The molecule has 3 nitrogen and oxygen atoms in total. The molecule has 12 heavy (non-hydrogen) atoms. The molecule has 0 aliphatic rings. The van der Waals surface area contributed by atoms with Gasteiger partial charge in [0, 0.05) is 12.6 Å². The van der Waals surface area contributed by atoms with E-state index in [1.807, 2.05) is 19.1 Å². The monoisotopic (exact) mass is 166 g/mol. The largest absolute Gasteiger partial charge is 0.497 e. The van der Waals surface area contributed by atoms with Crippen molar-refractivity contribution in [3.8, 4) is 5.75 Å². The molecule has 1 rings (SSSR count). The third kappa shape index (κ3) is 1.81. The molecular weight excluding hydrogens is 152 g/mol. The van der Waals surface area contributed by atoms with Crippen LogP contribution in [0.4, 0.5) is 11.4 Å². The molecule has 0 unspecified atom stereocenters. The van der Waals surface area contributed by atoms with Crippen molar-refractivity contribution < 1.29 is 4.74 Å². The molecule has 0 saturated heterocycles. The van der Waals surface area contributed by atoms with E-state index in [-0.39, 0.29) is 0 Å². The highest BCUT2D eigenvalue weighted by Crippen LogP contribution is 2.23. The van der Waals surface area contributed by atoms with E-state index >= 15 is 0 Å². The number of benzene rings is 1. The van der Waals surface area contributed by atoms with Gasteiger partial charge in [-0.25, -0.2) is 0 Å². The van der Waals surface area contributed by atoms with Crippen LogP contribution in [0.3, 0.4) is 0 Å². The van der Waals surface area contributed by atoms with Gasteiger partial charge in [0.1, 0.15) is 5.75 Å². The predicted molar refractivity (Wildman–Crippen MR) is 51.6 cm³/mol. The first-order chi connectivity index (χ1) is 5.77. The zero-order valence-corrected chi connectivity index (χ0v) is 7.42. The lowest BCUT2D eigenvalue weighted by Gasteiger charge is -2.08. The first kappa shape index (κ1) is 8.71. The summed E-state index contributed by atoms with van der Waals surface area (Å²) in [7, 11) is 1.63. The number of hydrogen-bond acceptors (Lipinski definition) is 3. The van der Waals surface area contributed by atoms with E-state index in [9.17, 15) is 0 Å². The Balaban J connectivity index is 2.87. The molecule has 0 radical (unpaired) electrons. The number of hydrogen-bond donors (Lipinski definition) is 2. The highest BCUT2D eigenvalue weighted by atomic mass is 16.5. The van der Waals surface area contributed by atoms with Gasteiger partial charge in [-0.15, -0.1) is 0 Å². The van der Waals surface area contributed by atoms with Crippen molar-refractivity contribution in [1.82, 2.24) is 0 Å². The van der Waals surface area contributed by atoms with E-state index in [1.165, 1.54) is 0 Å². The van der Waals surface area contributed by atoms with Gasteiger partial charge in [0.25, 0.3) is 0 Å². The maximum absolute atomic E-state index is 5.74. The minimum absolute atomic E-state index is 0.719. The summed E-state index contributed by atoms with van der Waals surface area (Å²) < 4.78 is 5.02. The number of anilines is 2. The lowest BCUT2D eigenvalue weighted by Crippen LogP contribution is -2.00. The van der Waals surface area contributed by atoms with Crippen LogP contribution in [-0.4, -0.2) is 13.7 Å². The summed E-state index contributed by atoms with van der Waals surface area (Å²) in [6, 6.07) is 5.60. The molecule has 1 aromatic rings. The molecule has 0 saturated carbocycles. The SMILES string of the molecule is CCNc1ccc(OC)cc1N. The first-order valence-electron chi connectivity index (χ1n) is 3.95. The molecule has 0 aliphatic carbocycles. The van der Waals surface area contributed by atoms with Crippen LogP contribution in [0.25, 0.3) is 0 Å². The van der Waals surface area contributed by atoms with Crippen LogP contribution in [0.5, 0.6) is 5.75 Å². The number of methoxy groups -OCH3 is 1. The maximum atomic E-state index is 5.74. The van der Waals surface area contributed by atoms with E-state index in [0.29, 0.717) is 0 Å². The van der Waals surface area contributed by atoms with Crippen LogP contribution in [0, 0.1) is 0 Å². The highest BCUT2D eigenvalue weighted by molar-refractivity contribution is 5.67. The van der Waals surface area contributed by atoms with E-state index in [0.717, 1.165) is 23.7 Å². The second-order valence-corrected chi connectivity index (χ2v) is 2.48. The van der Waals surface area contributed by atoms with Gasteiger partial charge in [0.05, 0.1) is 18.5 Å². The number of nitrogens with two attached hydrogens (primary N) is 1. The van der Waals surface area contributed by atoms with Crippen molar-refractivity contribution in [3.05, 3.63) is 18.2 Å². The minimum atomic E-state index is 0.719. The standard InChI is InChI=1S/C9H14N2O/c1-3-11-9-5-4-7(12-2)6-8(9)10/h4-6,11H,3,10H2,1-2H3. The summed E-state index contributed by atoms with van der Waals surface area (Å²) in [5, 5.41) is 3.15. The van der Waals surface area contributed by atoms with Gasteiger partial charge in [-0.1, -0.05) is 0 Å². The van der Waals surface area contributed by atoms with E-state index < -0.39 is 0 Å². The number of nitrogens with one attached hydrogen (secondary N) is 1. The van der Waals surface area contributed by atoms with Crippen molar-refractivity contribution in [2.75, 3.05) is 24.7 Å². The van der Waals surface area contributed by atoms with Crippen LogP contribution in [0.2, 0.25) is 0 Å². The second kappa shape index (κ2) is 3.85. The molecule has 0 bridgehead atoms. The molecule has 0 atom stereocenters. The van der Waals surface area contributed by atoms with E-state index in [2.05, 4.69) is 5.32 Å². The van der Waals surface area contributed by atoms with Crippen molar-refractivity contribution >= 4 is 11.4 Å². The minimum Gasteiger partial charge on any atom is -0.497 e. The third-order valence-electron chi connectivity index (χ3n) is 1.63. The van der Waals surface area contributed by atoms with Crippen LogP contribution >= 0.6 is 0 Å². The number of ether oxygens (including phenoxy) is 1. The summed E-state index contributed by atoms with van der Waals surface area (Å²) in [4.78, 5) is 0. The summed E-state index contributed by atoms with van der Waals surface area (Å²) in [5.74, 6) is 0.786. The zero-order valence-electron chi connectivity index (χ0n) is 7.42. The fourth-order valence-corrected chi connectivity index (χ4v) is 1.02. The Hall–Kier alpha value is -1.38. The van der Waals surface area contributed by atoms with E-state index in [4.69, 9.17) is 10.5 Å². The van der Waals surface area contributed by atoms with Gasteiger partial charge in [0.15, 0.2) is 0 Å². The van der Waals surface area contributed by atoms with E-state index in [1.54, 1.807) is 13.2 Å².